The standard InChI is InChI=1S/C14H18O4S2/c1-3-17-13(15)9-18-11-6-4-10(5-7-11)14(20)12(19)8-16-2/h4-7,19-20H,3,8-9H2,1-2H3. The number of rotatable bonds is 7. The highest BCUT2D eigenvalue weighted by Gasteiger charge is 2.05. The third-order valence-corrected chi connectivity index (χ3v) is 3.40. The molecule has 0 aliphatic rings. The molecule has 110 valence electrons. The van der Waals surface area contributed by atoms with Gasteiger partial charge in [0.05, 0.1) is 13.2 Å². The summed E-state index contributed by atoms with van der Waals surface area (Å²) in [5.74, 6) is 0.208. The van der Waals surface area contributed by atoms with Gasteiger partial charge in [0.15, 0.2) is 6.61 Å². The Hall–Kier alpha value is -1.11. The van der Waals surface area contributed by atoms with Crippen molar-refractivity contribution in [1.29, 1.82) is 0 Å². The summed E-state index contributed by atoms with van der Waals surface area (Å²) in [7, 11) is 1.60. The van der Waals surface area contributed by atoms with Crippen LogP contribution in [0.3, 0.4) is 0 Å². The number of esters is 1. The minimum atomic E-state index is -0.385. The van der Waals surface area contributed by atoms with E-state index in [2.05, 4.69) is 25.3 Å². The van der Waals surface area contributed by atoms with Crippen molar-refractivity contribution in [3.8, 4) is 5.75 Å². The quantitative estimate of drug-likeness (QED) is 0.600. The first-order valence-electron chi connectivity index (χ1n) is 6.07. The number of hydrogen-bond donors (Lipinski definition) is 2. The van der Waals surface area contributed by atoms with Gasteiger partial charge in [-0.15, -0.1) is 25.3 Å². The molecular formula is C14H18O4S2. The lowest BCUT2D eigenvalue weighted by Gasteiger charge is -2.08. The Balaban J connectivity index is 2.65. The lowest BCUT2D eigenvalue weighted by molar-refractivity contribution is -0.145. The smallest absolute Gasteiger partial charge is 0.344 e. The normalized spacial score (nSPS) is 11.8. The maximum Gasteiger partial charge on any atom is 0.344 e. The molecule has 0 spiro atoms. The van der Waals surface area contributed by atoms with Crippen LogP contribution in [0.15, 0.2) is 29.2 Å². The zero-order valence-electron chi connectivity index (χ0n) is 11.5. The van der Waals surface area contributed by atoms with E-state index in [1.807, 2.05) is 12.1 Å². The number of carbonyl (C=O) groups is 1. The summed E-state index contributed by atoms with van der Waals surface area (Å²) in [5.41, 5.74) is 0.902. The number of carbonyl (C=O) groups excluding carboxylic acids is 1. The zero-order valence-corrected chi connectivity index (χ0v) is 13.2. The molecule has 0 heterocycles. The summed E-state index contributed by atoms with van der Waals surface area (Å²) < 4.78 is 15.1. The number of benzene rings is 1. The maximum atomic E-state index is 11.2. The predicted molar refractivity (Wildman–Crippen MR) is 85.3 cm³/mol. The van der Waals surface area contributed by atoms with Crippen LogP contribution in [0.2, 0.25) is 0 Å². The molecule has 0 atom stereocenters. The second kappa shape index (κ2) is 8.94. The van der Waals surface area contributed by atoms with Crippen molar-refractivity contribution in [3.05, 3.63) is 34.7 Å². The SMILES string of the molecule is CCOC(=O)COc1ccc(C(S)=C(S)COC)cc1. The number of methoxy groups -OCH3 is 1. The lowest BCUT2D eigenvalue weighted by atomic mass is 10.2. The largest absolute Gasteiger partial charge is 0.482 e. The van der Waals surface area contributed by atoms with E-state index in [0.717, 1.165) is 15.4 Å². The van der Waals surface area contributed by atoms with Crippen molar-refractivity contribution < 1.29 is 19.0 Å². The number of ether oxygens (including phenoxy) is 3. The third kappa shape index (κ3) is 5.48. The minimum absolute atomic E-state index is 0.0990. The molecule has 0 N–H and O–H groups in total. The van der Waals surface area contributed by atoms with E-state index in [0.29, 0.717) is 19.0 Å². The predicted octanol–water partition coefficient (Wildman–Crippen LogP) is 2.80. The Morgan fingerprint density at radius 2 is 1.80 bits per heavy atom. The molecule has 0 saturated heterocycles. The van der Waals surface area contributed by atoms with E-state index in [4.69, 9.17) is 14.2 Å². The molecule has 0 saturated carbocycles. The van der Waals surface area contributed by atoms with E-state index < -0.39 is 0 Å². The van der Waals surface area contributed by atoms with Crippen LogP contribution in [-0.2, 0) is 14.3 Å². The second-order valence-corrected chi connectivity index (χ2v) is 4.83. The van der Waals surface area contributed by atoms with Gasteiger partial charge < -0.3 is 14.2 Å². The average Bonchev–Trinajstić information content (AvgIpc) is 2.45. The highest BCUT2D eigenvalue weighted by atomic mass is 32.1. The van der Waals surface area contributed by atoms with Gasteiger partial charge in [-0.3, -0.25) is 0 Å². The van der Waals surface area contributed by atoms with Crippen LogP contribution in [0.25, 0.3) is 4.91 Å². The highest BCUT2D eigenvalue weighted by molar-refractivity contribution is 7.93. The van der Waals surface area contributed by atoms with Gasteiger partial charge in [-0.05, 0) is 24.6 Å². The fourth-order valence-corrected chi connectivity index (χ4v) is 1.90. The molecule has 20 heavy (non-hydrogen) atoms. The molecule has 1 aromatic rings. The zero-order chi connectivity index (χ0) is 15.0. The third-order valence-electron chi connectivity index (χ3n) is 2.34. The van der Waals surface area contributed by atoms with E-state index >= 15 is 0 Å². The summed E-state index contributed by atoms with van der Waals surface area (Å²) in [6, 6.07) is 7.21. The van der Waals surface area contributed by atoms with Crippen LogP contribution >= 0.6 is 25.3 Å². The van der Waals surface area contributed by atoms with Gasteiger partial charge in [0.2, 0.25) is 0 Å². The summed E-state index contributed by atoms with van der Waals surface area (Å²) in [6.07, 6.45) is 0. The van der Waals surface area contributed by atoms with E-state index in [-0.39, 0.29) is 12.6 Å². The van der Waals surface area contributed by atoms with Crippen molar-refractivity contribution in [1.82, 2.24) is 0 Å². The molecule has 0 fully saturated rings. The van der Waals surface area contributed by atoms with Crippen LogP contribution < -0.4 is 4.74 Å². The fourth-order valence-electron chi connectivity index (χ4n) is 1.43. The van der Waals surface area contributed by atoms with Gasteiger partial charge in [-0.1, -0.05) is 12.1 Å². The summed E-state index contributed by atoms with van der Waals surface area (Å²) in [6.45, 7) is 2.41. The molecule has 0 aliphatic carbocycles. The first-order valence-corrected chi connectivity index (χ1v) is 6.96. The molecule has 6 heteroatoms. The summed E-state index contributed by atoms with van der Waals surface area (Å²) in [4.78, 5) is 12.7. The lowest BCUT2D eigenvalue weighted by Crippen LogP contribution is -2.14. The monoisotopic (exact) mass is 314 g/mol. The van der Waals surface area contributed by atoms with Gasteiger partial charge in [-0.2, -0.15) is 0 Å². The molecule has 4 nitrogen and oxygen atoms in total. The molecule has 0 aromatic heterocycles. The van der Waals surface area contributed by atoms with Gasteiger partial charge in [-0.25, -0.2) is 4.79 Å². The number of hydrogen-bond acceptors (Lipinski definition) is 6. The van der Waals surface area contributed by atoms with E-state index in [1.54, 1.807) is 26.2 Å². The van der Waals surface area contributed by atoms with Crippen molar-refractivity contribution in [2.45, 2.75) is 6.92 Å². The van der Waals surface area contributed by atoms with Gasteiger partial charge in [0.25, 0.3) is 0 Å². The molecule has 0 bridgehead atoms. The second-order valence-electron chi connectivity index (χ2n) is 3.85. The molecule has 0 amide bonds. The maximum absolute atomic E-state index is 11.2. The molecule has 0 aliphatic heterocycles. The Bertz CT molecular complexity index is 469. The first-order chi connectivity index (χ1) is 9.58. The number of thiol groups is 2. The van der Waals surface area contributed by atoms with Crippen LogP contribution in [0.4, 0.5) is 0 Å². The Kier molecular flexibility index (Phi) is 7.58. The fraction of sp³-hybridized carbons (Fsp3) is 0.357. The van der Waals surface area contributed by atoms with Crippen molar-refractivity contribution >= 4 is 36.1 Å². The van der Waals surface area contributed by atoms with Gasteiger partial charge in [0.1, 0.15) is 5.75 Å². The molecule has 1 aromatic carbocycles. The highest BCUT2D eigenvalue weighted by Crippen LogP contribution is 2.26. The van der Waals surface area contributed by atoms with Crippen LogP contribution in [0, 0.1) is 0 Å². The Morgan fingerprint density at radius 1 is 1.15 bits per heavy atom. The average molecular weight is 314 g/mol. The summed E-state index contributed by atoms with van der Waals surface area (Å²) in [5, 5.41) is 0. The van der Waals surface area contributed by atoms with Crippen molar-refractivity contribution in [2.75, 3.05) is 26.9 Å². The molecule has 0 radical (unpaired) electrons. The Labute approximate surface area is 129 Å². The van der Waals surface area contributed by atoms with Crippen LogP contribution in [0.1, 0.15) is 12.5 Å². The topological polar surface area (TPSA) is 44.8 Å². The van der Waals surface area contributed by atoms with Gasteiger partial charge >= 0.3 is 5.97 Å². The Morgan fingerprint density at radius 3 is 2.35 bits per heavy atom. The van der Waals surface area contributed by atoms with Crippen LogP contribution in [0.5, 0.6) is 5.75 Å². The van der Waals surface area contributed by atoms with Gasteiger partial charge in [0, 0.05) is 16.9 Å². The molecule has 1 rings (SSSR count). The van der Waals surface area contributed by atoms with Crippen LogP contribution in [-0.4, -0.2) is 32.9 Å². The molecular weight excluding hydrogens is 296 g/mol. The van der Waals surface area contributed by atoms with Crippen molar-refractivity contribution in [3.63, 3.8) is 0 Å². The van der Waals surface area contributed by atoms with Crippen molar-refractivity contribution in [2.24, 2.45) is 0 Å². The summed E-state index contributed by atoms with van der Waals surface area (Å²) >= 11 is 8.72. The first kappa shape index (κ1) is 16.9. The molecule has 0 unspecified atom stereocenters. The minimum Gasteiger partial charge on any atom is -0.482 e. The van der Waals surface area contributed by atoms with E-state index in [1.165, 1.54) is 0 Å². The van der Waals surface area contributed by atoms with E-state index in [9.17, 15) is 4.79 Å².